The molecule has 0 bridgehead atoms. The van der Waals surface area contributed by atoms with Gasteiger partial charge in [0.25, 0.3) is 5.56 Å². The first-order chi connectivity index (χ1) is 9.02. The molecule has 0 saturated heterocycles. The summed E-state index contributed by atoms with van der Waals surface area (Å²) in [6, 6.07) is 7.08. The van der Waals surface area contributed by atoms with Gasteiger partial charge in [0, 0.05) is 6.07 Å². The van der Waals surface area contributed by atoms with E-state index in [1.807, 2.05) is 0 Å². The average molecular weight is 262 g/mol. The van der Waals surface area contributed by atoms with Crippen molar-refractivity contribution >= 4 is 5.97 Å². The summed E-state index contributed by atoms with van der Waals surface area (Å²) < 4.78 is 5.80. The van der Waals surface area contributed by atoms with Crippen LogP contribution in [0, 0.1) is 0 Å². The van der Waals surface area contributed by atoms with Crippen LogP contribution in [-0.2, 0) is 0 Å². The monoisotopic (exact) mass is 262 g/mol. The largest absolute Gasteiger partial charge is 0.497 e. The minimum atomic E-state index is -1.36. The van der Waals surface area contributed by atoms with E-state index in [0.717, 1.165) is 10.6 Å². The van der Waals surface area contributed by atoms with Gasteiger partial charge in [0.15, 0.2) is 0 Å². The summed E-state index contributed by atoms with van der Waals surface area (Å²) >= 11 is 0. The van der Waals surface area contributed by atoms with E-state index in [2.05, 4.69) is 4.98 Å². The van der Waals surface area contributed by atoms with Crippen LogP contribution in [0.25, 0.3) is 5.69 Å². The maximum atomic E-state index is 11.8. The highest BCUT2D eigenvalue weighted by Crippen LogP contribution is 2.12. The van der Waals surface area contributed by atoms with Crippen LogP contribution >= 0.6 is 0 Å². The molecule has 0 amide bonds. The van der Waals surface area contributed by atoms with E-state index in [1.165, 1.54) is 19.2 Å². The number of hydrogen-bond donors (Lipinski definition) is 2. The molecule has 2 aromatic rings. The quantitative estimate of drug-likeness (QED) is 0.824. The van der Waals surface area contributed by atoms with Gasteiger partial charge in [-0.25, -0.2) is 14.2 Å². The molecule has 1 aromatic heterocycles. The fraction of sp³-hybridized carbons (Fsp3) is 0.0833. The molecular weight excluding hydrogens is 252 g/mol. The molecule has 7 nitrogen and oxygen atoms in total. The van der Waals surface area contributed by atoms with E-state index in [0.29, 0.717) is 11.4 Å². The fourth-order valence-electron chi connectivity index (χ4n) is 1.59. The van der Waals surface area contributed by atoms with Crippen LogP contribution in [0.1, 0.15) is 10.5 Å². The molecule has 0 saturated carbocycles. The third-order valence-corrected chi connectivity index (χ3v) is 2.49. The third-order valence-electron chi connectivity index (χ3n) is 2.49. The zero-order chi connectivity index (χ0) is 14.0. The number of carboxylic acid groups (broad SMARTS) is 1. The number of aromatic nitrogens is 2. The molecule has 0 atom stereocenters. The van der Waals surface area contributed by atoms with E-state index in [4.69, 9.17) is 9.84 Å². The van der Waals surface area contributed by atoms with Crippen molar-refractivity contribution in [1.82, 2.24) is 9.55 Å². The summed E-state index contributed by atoms with van der Waals surface area (Å²) in [6.07, 6.45) is 0. The molecule has 0 aliphatic carbocycles. The number of aromatic amines is 1. The number of rotatable bonds is 3. The number of ether oxygens (including phenoxy) is 1. The van der Waals surface area contributed by atoms with Gasteiger partial charge in [-0.15, -0.1) is 0 Å². The Morgan fingerprint density at radius 2 is 1.89 bits per heavy atom. The van der Waals surface area contributed by atoms with Gasteiger partial charge in [-0.1, -0.05) is 0 Å². The number of carboxylic acids is 1. The first-order valence-corrected chi connectivity index (χ1v) is 5.27. The lowest BCUT2D eigenvalue weighted by Crippen LogP contribution is -2.34. The molecule has 7 heteroatoms. The smallest absolute Gasteiger partial charge is 0.352 e. The SMILES string of the molecule is COc1ccc(-n2c(=O)cc(C(=O)O)[nH]c2=O)cc1. The molecule has 0 aliphatic heterocycles. The molecule has 0 unspecified atom stereocenters. The van der Waals surface area contributed by atoms with E-state index in [1.54, 1.807) is 12.1 Å². The Morgan fingerprint density at radius 3 is 2.37 bits per heavy atom. The highest BCUT2D eigenvalue weighted by molar-refractivity contribution is 5.84. The molecule has 19 heavy (non-hydrogen) atoms. The van der Waals surface area contributed by atoms with Crippen molar-refractivity contribution in [3.8, 4) is 11.4 Å². The molecule has 98 valence electrons. The summed E-state index contributed by atoms with van der Waals surface area (Å²) in [6.45, 7) is 0. The summed E-state index contributed by atoms with van der Waals surface area (Å²) in [5, 5.41) is 8.73. The van der Waals surface area contributed by atoms with Crippen LogP contribution in [0.15, 0.2) is 39.9 Å². The lowest BCUT2D eigenvalue weighted by Gasteiger charge is -2.05. The molecule has 0 aliphatic rings. The molecule has 1 heterocycles. The maximum absolute atomic E-state index is 11.8. The van der Waals surface area contributed by atoms with Crippen LogP contribution in [0.4, 0.5) is 0 Å². The predicted molar refractivity (Wildman–Crippen MR) is 66.2 cm³/mol. The van der Waals surface area contributed by atoms with Gasteiger partial charge in [0.2, 0.25) is 0 Å². The van der Waals surface area contributed by atoms with Crippen LogP contribution in [0.3, 0.4) is 0 Å². The lowest BCUT2D eigenvalue weighted by atomic mass is 10.3. The van der Waals surface area contributed by atoms with E-state index >= 15 is 0 Å². The molecule has 2 N–H and O–H groups in total. The van der Waals surface area contributed by atoms with Crippen molar-refractivity contribution in [3.63, 3.8) is 0 Å². The Labute approximate surface area is 106 Å². The second-order valence-corrected chi connectivity index (χ2v) is 3.66. The Bertz CT molecular complexity index is 696. The Kier molecular flexibility index (Phi) is 3.19. The van der Waals surface area contributed by atoms with Crippen LogP contribution in [0.2, 0.25) is 0 Å². The summed E-state index contributed by atoms with van der Waals surface area (Å²) in [4.78, 5) is 36.3. The van der Waals surface area contributed by atoms with Crippen molar-refractivity contribution in [3.05, 3.63) is 56.9 Å². The molecular formula is C12H10N2O5. The molecule has 0 radical (unpaired) electrons. The zero-order valence-electron chi connectivity index (χ0n) is 9.91. The molecule has 0 fully saturated rings. The van der Waals surface area contributed by atoms with Crippen molar-refractivity contribution in [1.29, 1.82) is 0 Å². The van der Waals surface area contributed by atoms with Crippen LogP contribution in [-0.4, -0.2) is 27.7 Å². The van der Waals surface area contributed by atoms with E-state index in [9.17, 15) is 14.4 Å². The van der Waals surface area contributed by atoms with Gasteiger partial charge in [0.1, 0.15) is 11.4 Å². The van der Waals surface area contributed by atoms with Crippen molar-refractivity contribution in [2.75, 3.05) is 7.11 Å². The van der Waals surface area contributed by atoms with Crippen LogP contribution in [0.5, 0.6) is 5.75 Å². The molecule has 0 spiro atoms. The summed E-state index contributed by atoms with van der Waals surface area (Å²) in [7, 11) is 1.50. The Morgan fingerprint density at radius 1 is 1.26 bits per heavy atom. The normalized spacial score (nSPS) is 10.2. The van der Waals surface area contributed by atoms with Crippen molar-refractivity contribution in [2.45, 2.75) is 0 Å². The number of hydrogen-bond acceptors (Lipinski definition) is 4. The second-order valence-electron chi connectivity index (χ2n) is 3.66. The Hall–Kier alpha value is -2.83. The zero-order valence-corrected chi connectivity index (χ0v) is 9.91. The second kappa shape index (κ2) is 4.81. The van der Waals surface area contributed by atoms with E-state index < -0.39 is 22.9 Å². The number of aromatic carboxylic acids is 1. The first-order valence-electron chi connectivity index (χ1n) is 5.27. The highest BCUT2D eigenvalue weighted by Gasteiger charge is 2.10. The van der Waals surface area contributed by atoms with Gasteiger partial charge < -0.3 is 14.8 Å². The van der Waals surface area contributed by atoms with Gasteiger partial charge in [-0.2, -0.15) is 0 Å². The number of benzene rings is 1. The number of nitrogens with one attached hydrogen (secondary N) is 1. The highest BCUT2D eigenvalue weighted by atomic mass is 16.5. The van der Waals surface area contributed by atoms with Crippen LogP contribution < -0.4 is 16.0 Å². The minimum absolute atomic E-state index is 0.323. The van der Waals surface area contributed by atoms with Gasteiger partial charge in [0.05, 0.1) is 12.8 Å². The summed E-state index contributed by atoms with van der Waals surface area (Å²) in [5.41, 5.74) is -1.65. The predicted octanol–water partition coefficient (Wildman–Crippen LogP) is 0.233. The molecule has 2 rings (SSSR count). The lowest BCUT2D eigenvalue weighted by molar-refractivity contribution is 0.0689. The van der Waals surface area contributed by atoms with Gasteiger partial charge >= 0.3 is 11.7 Å². The first kappa shape index (κ1) is 12.6. The maximum Gasteiger partial charge on any atom is 0.352 e. The van der Waals surface area contributed by atoms with Crippen molar-refractivity contribution in [2.24, 2.45) is 0 Å². The van der Waals surface area contributed by atoms with Gasteiger partial charge in [-0.05, 0) is 24.3 Å². The topological polar surface area (TPSA) is 101 Å². The standard InChI is InChI=1S/C12H10N2O5/c1-19-8-4-2-7(3-5-8)14-10(15)6-9(11(16)17)13-12(14)18/h2-6H,1H3,(H,13,18)(H,16,17). The third kappa shape index (κ3) is 2.39. The fourth-order valence-corrected chi connectivity index (χ4v) is 1.59. The van der Waals surface area contributed by atoms with E-state index in [-0.39, 0.29) is 0 Å². The number of carbonyl (C=O) groups is 1. The molecule has 1 aromatic carbocycles. The summed E-state index contributed by atoms with van der Waals surface area (Å²) in [5.74, 6) is -0.786. The average Bonchev–Trinajstić information content (AvgIpc) is 2.38. The number of H-pyrrole nitrogens is 1. The van der Waals surface area contributed by atoms with Gasteiger partial charge in [-0.3, -0.25) is 4.79 Å². The minimum Gasteiger partial charge on any atom is -0.497 e. The number of methoxy groups -OCH3 is 1. The number of nitrogens with zero attached hydrogens (tertiary/aromatic N) is 1. The van der Waals surface area contributed by atoms with Crippen molar-refractivity contribution < 1.29 is 14.6 Å². The Balaban J connectivity index is 2.59.